The molecule has 0 N–H and O–H groups in total. The van der Waals surface area contributed by atoms with Gasteiger partial charge in [-0.1, -0.05) is 12.1 Å². The first-order chi connectivity index (χ1) is 11.0. The average Bonchev–Trinajstić information content (AvgIpc) is 2.48. The lowest BCUT2D eigenvalue weighted by molar-refractivity contribution is -0.386. The Labute approximate surface area is 128 Å². The Morgan fingerprint density at radius 1 is 1.17 bits per heavy atom. The first-order valence-corrected chi connectivity index (χ1v) is 6.49. The zero-order valence-corrected chi connectivity index (χ0v) is 11.8. The highest BCUT2D eigenvalue weighted by molar-refractivity contribution is 5.74. The summed E-state index contributed by atoms with van der Waals surface area (Å²) in [4.78, 5) is 18.5. The molecule has 0 saturated heterocycles. The number of halogens is 2. The molecule has 0 spiro atoms. The maximum Gasteiger partial charge on any atom is 0.314 e. The van der Waals surface area contributed by atoms with E-state index in [1.165, 1.54) is 12.3 Å². The van der Waals surface area contributed by atoms with Crippen molar-refractivity contribution < 1.29 is 18.4 Å². The Kier molecular flexibility index (Phi) is 3.57. The van der Waals surface area contributed by atoms with Gasteiger partial charge in [0.05, 0.1) is 22.2 Å². The number of hydrogen-bond donors (Lipinski definition) is 0. The van der Waals surface area contributed by atoms with Gasteiger partial charge in [-0.25, -0.2) is 18.7 Å². The zero-order valence-electron chi connectivity index (χ0n) is 11.8. The van der Waals surface area contributed by atoms with Crippen molar-refractivity contribution in [3.05, 3.63) is 63.8 Å². The van der Waals surface area contributed by atoms with Gasteiger partial charge in [-0.3, -0.25) is 10.1 Å². The topological polar surface area (TPSA) is 78.2 Å². The Morgan fingerprint density at radius 2 is 1.87 bits per heavy atom. The van der Waals surface area contributed by atoms with Crippen LogP contribution in [-0.2, 0) is 0 Å². The molecule has 0 bridgehead atoms. The van der Waals surface area contributed by atoms with Crippen molar-refractivity contribution in [1.29, 1.82) is 0 Å². The number of para-hydroxylation sites is 1. The second-order valence-corrected chi connectivity index (χ2v) is 4.74. The van der Waals surface area contributed by atoms with Gasteiger partial charge in [0, 0.05) is 17.7 Å². The quantitative estimate of drug-likeness (QED) is 0.540. The number of fused-ring (bicyclic) bond motifs is 1. The molecule has 1 aromatic heterocycles. The number of nitro benzene ring substituents is 1. The van der Waals surface area contributed by atoms with Gasteiger partial charge in [0.25, 0.3) is 0 Å². The van der Waals surface area contributed by atoms with Gasteiger partial charge in [0.2, 0.25) is 11.6 Å². The molecule has 116 valence electrons. The van der Waals surface area contributed by atoms with Crippen LogP contribution in [0.4, 0.5) is 14.5 Å². The number of aryl methyl sites for hydroxylation is 1. The number of nitro groups is 1. The van der Waals surface area contributed by atoms with Crippen molar-refractivity contribution >= 4 is 16.7 Å². The predicted octanol–water partition coefficient (Wildman–Crippen LogP) is 3.92. The van der Waals surface area contributed by atoms with E-state index in [0.717, 1.165) is 12.1 Å². The second kappa shape index (κ2) is 5.56. The molecule has 23 heavy (non-hydrogen) atoms. The molecule has 3 aromatic rings. The van der Waals surface area contributed by atoms with Crippen LogP contribution >= 0.6 is 0 Å². The van der Waals surface area contributed by atoms with Crippen LogP contribution in [0.5, 0.6) is 11.6 Å². The lowest BCUT2D eigenvalue weighted by Crippen LogP contribution is -1.98. The summed E-state index contributed by atoms with van der Waals surface area (Å²) in [6.07, 6.45) is 1.19. The molecule has 0 unspecified atom stereocenters. The van der Waals surface area contributed by atoms with Gasteiger partial charge in [-0.2, -0.15) is 0 Å². The van der Waals surface area contributed by atoms with Crippen LogP contribution in [0.15, 0.2) is 36.5 Å². The summed E-state index contributed by atoms with van der Waals surface area (Å²) in [7, 11) is 0. The molecule has 0 aliphatic carbocycles. The van der Waals surface area contributed by atoms with Crippen LogP contribution < -0.4 is 4.74 Å². The van der Waals surface area contributed by atoms with Crippen LogP contribution in [-0.4, -0.2) is 14.9 Å². The maximum absolute atomic E-state index is 13.3. The van der Waals surface area contributed by atoms with Gasteiger partial charge >= 0.3 is 5.69 Å². The fourth-order valence-electron chi connectivity index (χ4n) is 2.10. The minimum absolute atomic E-state index is 0.00812. The van der Waals surface area contributed by atoms with Crippen molar-refractivity contribution in [3.63, 3.8) is 0 Å². The number of nitrogens with zero attached hydrogens (tertiary/aromatic N) is 3. The standard InChI is InChI=1S/C15H9F2N3O3/c1-8-3-2-4-13(15(8)20(21)22)23-14-7-18-11-5-9(16)10(17)6-12(11)19-14/h2-7H,1H3. The largest absolute Gasteiger partial charge is 0.430 e. The van der Waals surface area contributed by atoms with Crippen molar-refractivity contribution in [1.82, 2.24) is 9.97 Å². The summed E-state index contributed by atoms with van der Waals surface area (Å²) in [5.41, 5.74) is 0.459. The Balaban J connectivity index is 2.04. The van der Waals surface area contributed by atoms with Crippen molar-refractivity contribution in [2.24, 2.45) is 0 Å². The van der Waals surface area contributed by atoms with Gasteiger partial charge in [0.15, 0.2) is 11.6 Å². The smallest absolute Gasteiger partial charge is 0.314 e. The first-order valence-electron chi connectivity index (χ1n) is 6.49. The van der Waals surface area contributed by atoms with E-state index in [1.54, 1.807) is 19.1 Å². The molecule has 8 heteroatoms. The SMILES string of the molecule is Cc1cccc(Oc2cnc3cc(F)c(F)cc3n2)c1[N+](=O)[O-]. The number of benzene rings is 2. The van der Waals surface area contributed by atoms with E-state index >= 15 is 0 Å². The number of aromatic nitrogens is 2. The van der Waals surface area contributed by atoms with Crippen LogP contribution in [0.2, 0.25) is 0 Å². The predicted molar refractivity (Wildman–Crippen MR) is 77.4 cm³/mol. The summed E-state index contributed by atoms with van der Waals surface area (Å²) in [6, 6.07) is 6.39. The Morgan fingerprint density at radius 3 is 2.57 bits per heavy atom. The van der Waals surface area contributed by atoms with Crippen molar-refractivity contribution in [3.8, 4) is 11.6 Å². The monoisotopic (exact) mass is 317 g/mol. The lowest BCUT2D eigenvalue weighted by atomic mass is 10.2. The van der Waals surface area contributed by atoms with Gasteiger partial charge in [-0.15, -0.1) is 0 Å². The third-order valence-corrected chi connectivity index (χ3v) is 3.16. The molecule has 1 heterocycles. The lowest BCUT2D eigenvalue weighted by Gasteiger charge is -2.07. The third kappa shape index (κ3) is 2.78. The second-order valence-electron chi connectivity index (χ2n) is 4.74. The molecule has 0 radical (unpaired) electrons. The van der Waals surface area contributed by atoms with Gasteiger partial charge in [0.1, 0.15) is 0 Å². The normalized spacial score (nSPS) is 10.7. The van der Waals surface area contributed by atoms with Crippen LogP contribution in [0, 0.1) is 28.7 Å². The molecule has 0 aliphatic heterocycles. The Hall–Kier alpha value is -3.16. The van der Waals surface area contributed by atoms with Crippen molar-refractivity contribution in [2.75, 3.05) is 0 Å². The zero-order chi connectivity index (χ0) is 16.6. The number of rotatable bonds is 3. The molecule has 6 nitrogen and oxygen atoms in total. The molecule has 0 aliphatic rings. The Bertz CT molecular complexity index is 931. The summed E-state index contributed by atoms with van der Waals surface area (Å²) < 4.78 is 31.8. The fraction of sp³-hybridized carbons (Fsp3) is 0.0667. The van der Waals surface area contributed by atoms with E-state index in [4.69, 9.17) is 4.74 Å². The van der Waals surface area contributed by atoms with E-state index in [0.29, 0.717) is 5.56 Å². The van der Waals surface area contributed by atoms with Crippen molar-refractivity contribution in [2.45, 2.75) is 6.92 Å². The van der Waals surface area contributed by atoms with E-state index in [2.05, 4.69) is 9.97 Å². The minimum Gasteiger partial charge on any atom is -0.430 e. The molecular formula is C15H9F2N3O3. The number of hydrogen-bond acceptors (Lipinski definition) is 5. The third-order valence-electron chi connectivity index (χ3n) is 3.16. The summed E-state index contributed by atoms with van der Waals surface area (Å²) in [6.45, 7) is 1.58. The molecule has 0 amide bonds. The first kappa shape index (κ1) is 14.8. The van der Waals surface area contributed by atoms with Crippen LogP contribution in [0.3, 0.4) is 0 Å². The summed E-state index contributed by atoms with van der Waals surface area (Å²) in [5.74, 6) is -2.16. The average molecular weight is 317 g/mol. The van der Waals surface area contributed by atoms with Crippen LogP contribution in [0.1, 0.15) is 5.56 Å². The van der Waals surface area contributed by atoms with Crippen LogP contribution in [0.25, 0.3) is 11.0 Å². The minimum atomic E-state index is -1.06. The summed E-state index contributed by atoms with van der Waals surface area (Å²) >= 11 is 0. The highest BCUT2D eigenvalue weighted by atomic mass is 19.2. The van der Waals surface area contributed by atoms with E-state index in [1.807, 2.05) is 0 Å². The highest BCUT2D eigenvalue weighted by Gasteiger charge is 2.19. The molecular weight excluding hydrogens is 308 g/mol. The highest BCUT2D eigenvalue weighted by Crippen LogP contribution is 2.33. The molecule has 3 rings (SSSR count). The van der Waals surface area contributed by atoms with Gasteiger partial charge < -0.3 is 4.74 Å². The van der Waals surface area contributed by atoms with E-state index < -0.39 is 16.6 Å². The van der Waals surface area contributed by atoms with Gasteiger partial charge in [-0.05, 0) is 13.0 Å². The fourth-order valence-corrected chi connectivity index (χ4v) is 2.10. The molecule has 0 fully saturated rings. The molecule has 2 aromatic carbocycles. The maximum atomic E-state index is 13.3. The summed E-state index contributed by atoms with van der Waals surface area (Å²) in [5, 5.41) is 11.1. The molecule has 0 atom stereocenters. The van der Waals surface area contributed by atoms with E-state index in [9.17, 15) is 18.9 Å². The molecule has 0 saturated carbocycles. The van der Waals surface area contributed by atoms with E-state index in [-0.39, 0.29) is 28.4 Å². The number of ether oxygens (including phenoxy) is 1.